The average molecular weight is 449 g/mol. The molecule has 0 unspecified atom stereocenters. The predicted octanol–water partition coefficient (Wildman–Crippen LogP) is 3.54. The Balaban J connectivity index is 0.00000256. The van der Waals surface area contributed by atoms with Gasteiger partial charge in [0.15, 0.2) is 5.65 Å². The first-order valence-electron chi connectivity index (χ1n) is 9.80. The molecule has 3 aromatic rings. The highest BCUT2D eigenvalue weighted by Crippen LogP contribution is 2.30. The second-order valence-corrected chi connectivity index (χ2v) is 8.12. The summed E-state index contributed by atoms with van der Waals surface area (Å²) >= 11 is 1.49. The molecule has 0 spiro atoms. The molecule has 7 nitrogen and oxygen atoms in total. The normalized spacial score (nSPS) is 15.1. The number of ether oxygens (including phenoxy) is 1. The maximum absolute atomic E-state index is 10.7. The van der Waals surface area contributed by atoms with Crippen LogP contribution in [0.15, 0.2) is 42.6 Å². The van der Waals surface area contributed by atoms with Crippen LogP contribution in [0.4, 0.5) is 0 Å². The quantitative estimate of drug-likeness (QED) is 0.564. The monoisotopic (exact) mass is 448 g/mol. The third-order valence-electron chi connectivity index (χ3n) is 5.10. The van der Waals surface area contributed by atoms with E-state index in [0.717, 1.165) is 49.6 Å². The number of aromatic nitrogens is 2. The van der Waals surface area contributed by atoms with Crippen molar-refractivity contribution in [2.75, 3.05) is 39.3 Å². The van der Waals surface area contributed by atoms with E-state index in [9.17, 15) is 4.79 Å². The van der Waals surface area contributed by atoms with Gasteiger partial charge in [-0.3, -0.25) is 4.79 Å². The molecule has 1 saturated heterocycles. The Hall–Kier alpha value is -2.26. The Morgan fingerprint density at radius 3 is 2.43 bits per heavy atom. The van der Waals surface area contributed by atoms with Crippen LogP contribution in [-0.4, -0.2) is 70.1 Å². The van der Waals surface area contributed by atoms with E-state index < -0.39 is 5.97 Å². The molecule has 30 heavy (non-hydrogen) atoms. The van der Waals surface area contributed by atoms with Crippen LogP contribution in [0.25, 0.3) is 10.3 Å². The molecule has 0 aliphatic carbocycles. The smallest absolute Gasteiger partial charge is 0.304 e. The number of fused-ring (bicyclic) bond motifs is 1. The molecule has 1 fully saturated rings. The highest BCUT2D eigenvalue weighted by molar-refractivity contribution is 7.20. The van der Waals surface area contributed by atoms with Crippen LogP contribution in [0.2, 0.25) is 0 Å². The van der Waals surface area contributed by atoms with Gasteiger partial charge in [0.1, 0.15) is 5.75 Å². The van der Waals surface area contributed by atoms with Crippen LogP contribution < -0.4 is 4.74 Å². The van der Waals surface area contributed by atoms with Crippen LogP contribution in [0.3, 0.4) is 0 Å². The van der Waals surface area contributed by atoms with Crippen LogP contribution in [0.5, 0.6) is 10.9 Å². The molecule has 1 aromatic carbocycles. The van der Waals surface area contributed by atoms with Crippen molar-refractivity contribution in [3.05, 3.63) is 48.2 Å². The fourth-order valence-electron chi connectivity index (χ4n) is 3.40. The molecule has 160 valence electrons. The summed E-state index contributed by atoms with van der Waals surface area (Å²) < 4.78 is 6.89. The van der Waals surface area contributed by atoms with Crippen molar-refractivity contribution in [2.45, 2.75) is 12.8 Å². The molecule has 2 aromatic heterocycles. The second kappa shape index (κ2) is 10.7. The van der Waals surface area contributed by atoms with Crippen molar-refractivity contribution < 1.29 is 14.6 Å². The zero-order valence-electron chi connectivity index (χ0n) is 16.6. The van der Waals surface area contributed by atoms with Crippen LogP contribution in [-0.2, 0) is 11.2 Å². The zero-order chi connectivity index (χ0) is 20.1. The number of halogens is 1. The number of hydrogen-bond acceptors (Lipinski definition) is 7. The highest BCUT2D eigenvalue weighted by atomic mass is 35.5. The summed E-state index contributed by atoms with van der Waals surface area (Å²) in [6.45, 7) is 5.53. The number of pyridine rings is 1. The van der Waals surface area contributed by atoms with E-state index in [1.54, 1.807) is 6.20 Å². The van der Waals surface area contributed by atoms with Crippen molar-refractivity contribution in [1.29, 1.82) is 0 Å². The molecule has 0 atom stereocenters. The van der Waals surface area contributed by atoms with Gasteiger partial charge in [-0.1, -0.05) is 23.5 Å². The topological polar surface area (TPSA) is 78.8 Å². The summed E-state index contributed by atoms with van der Waals surface area (Å²) in [5.41, 5.74) is 1.99. The van der Waals surface area contributed by atoms with Gasteiger partial charge in [-0.2, -0.15) is 4.98 Å². The summed E-state index contributed by atoms with van der Waals surface area (Å²) in [5.74, 6) is 0.0551. The SMILES string of the molecule is Cl.O=C(O)CCN1CCN(CCc2ccc(Oc3nc4ncccc4s3)cc2)CC1. The van der Waals surface area contributed by atoms with Gasteiger partial charge in [0.25, 0.3) is 5.19 Å². The number of thiazole rings is 1. The first-order valence-corrected chi connectivity index (χ1v) is 10.6. The molecule has 0 bridgehead atoms. The Labute approximate surface area is 185 Å². The number of piperazine rings is 1. The van der Waals surface area contributed by atoms with Gasteiger partial charge in [0, 0.05) is 45.5 Å². The van der Waals surface area contributed by atoms with Gasteiger partial charge < -0.3 is 19.6 Å². The minimum absolute atomic E-state index is 0. The van der Waals surface area contributed by atoms with Gasteiger partial charge >= 0.3 is 5.97 Å². The Morgan fingerprint density at radius 2 is 1.77 bits per heavy atom. The largest absolute Gasteiger partial charge is 0.481 e. The molecule has 0 amide bonds. The van der Waals surface area contributed by atoms with Gasteiger partial charge in [0.2, 0.25) is 0 Å². The van der Waals surface area contributed by atoms with E-state index in [2.05, 4.69) is 31.9 Å². The summed E-state index contributed by atoms with van der Waals surface area (Å²) in [6, 6.07) is 12.1. The number of carboxylic acid groups (broad SMARTS) is 1. The van der Waals surface area contributed by atoms with Gasteiger partial charge in [-0.15, -0.1) is 12.4 Å². The van der Waals surface area contributed by atoms with E-state index >= 15 is 0 Å². The third kappa shape index (κ3) is 6.12. The minimum atomic E-state index is -0.723. The Morgan fingerprint density at radius 1 is 1.07 bits per heavy atom. The molecular formula is C21H25ClN4O3S. The lowest BCUT2D eigenvalue weighted by Crippen LogP contribution is -2.47. The molecule has 4 rings (SSSR count). The first-order chi connectivity index (χ1) is 14.2. The Kier molecular flexibility index (Phi) is 7.98. The number of benzene rings is 1. The number of rotatable bonds is 8. The lowest BCUT2D eigenvalue weighted by molar-refractivity contribution is -0.137. The fourth-order valence-corrected chi connectivity index (χ4v) is 4.19. The number of carboxylic acids is 1. The number of carbonyl (C=O) groups is 1. The van der Waals surface area contributed by atoms with E-state index in [1.807, 2.05) is 24.3 Å². The van der Waals surface area contributed by atoms with Crippen LogP contribution >= 0.6 is 23.7 Å². The van der Waals surface area contributed by atoms with Gasteiger partial charge in [0.05, 0.1) is 11.1 Å². The van der Waals surface area contributed by atoms with E-state index in [1.165, 1.54) is 16.9 Å². The summed E-state index contributed by atoms with van der Waals surface area (Å²) in [6.07, 6.45) is 2.94. The second-order valence-electron chi connectivity index (χ2n) is 7.13. The van der Waals surface area contributed by atoms with E-state index in [-0.39, 0.29) is 18.8 Å². The predicted molar refractivity (Wildman–Crippen MR) is 120 cm³/mol. The van der Waals surface area contributed by atoms with Crippen molar-refractivity contribution in [3.63, 3.8) is 0 Å². The number of hydrogen-bond donors (Lipinski definition) is 1. The molecule has 1 N–H and O–H groups in total. The lowest BCUT2D eigenvalue weighted by Gasteiger charge is -2.34. The lowest BCUT2D eigenvalue weighted by atomic mass is 10.1. The summed E-state index contributed by atoms with van der Waals surface area (Å²) in [5, 5.41) is 9.39. The average Bonchev–Trinajstić information content (AvgIpc) is 3.15. The van der Waals surface area contributed by atoms with Crippen molar-refractivity contribution in [2.24, 2.45) is 0 Å². The van der Waals surface area contributed by atoms with Gasteiger partial charge in [-0.05, 0) is 36.2 Å². The van der Waals surface area contributed by atoms with Crippen molar-refractivity contribution in [3.8, 4) is 10.9 Å². The molecule has 0 saturated carbocycles. The van der Waals surface area contributed by atoms with Crippen LogP contribution in [0.1, 0.15) is 12.0 Å². The third-order valence-corrected chi connectivity index (χ3v) is 5.99. The number of aliphatic carboxylic acids is 1. The van der Waals surface area contributed by atoms with Crippen molar-refractivity contribution >= 4 is 40.1 Å². The Bertz CT molecular complexity index is 925. The van der Waals surface area contributed by atoms with Crippen molar-refractivity contribution in [1.82, 2.24) is 19.8 Å². The van der Waals surface area contributed by atoms with E-state index in [4.69, 9.17) is 9.84 Å². The van der Waals surface area contributed by atoms with Crippen LogP contribution in [0, 0.1) is 0 Å². The van der Waals surface area contributed by atoms with E-state index in [0.29, 0.717) is 17.4 Å². The fraction of sp³-hybridized carbons (Fsp3) is 0.381. The minimum Gasteiger partial charge on any atom is -0.481 e. The maximum atomic E-state index is 10.7. The highest BCUT2D eigenvalue weighted by Gasteiger charge is 2.17. The molecule has 0 radical (unpaired) electrons. The molecular weight excluding hydrogens is 424 g/mol. The van der Waals surface area contributed by atoms with Gasteiger partial charge in [-0.25, -0.2) is 4.98 Å². The summed E-state index contributed by atoms with van der Waals surface area (Å²) in [4.78, 5) is 24.0. The maximum Gasteiger partial charge on any atom is 0.304 e. The first kappa shape index (κ1) is 22.4. The molecule has 1 aliphatic rings. The molecule has 1 aliphatic heterocycles. The standard InChI is InChI=1S/C21H24N4O3S.ClH/c26-19(27)8-11-25-14-12-24(13-15-25)10-7-16-3-5-17(6-4-16)28-21-23-20-18(29-21)2-1-9-22-20;/h1-6,9H,7-8,10-15H2,(H,26,27);1H. The molecule has 9 heteroatoms. The zero-order valence-corrected chi connectivity index (χ0v) is 18.2. The summed E-state index contributed by atoms with van der Waals surface area (Å²) in [7, 11) is 0. The number of nitrogens with zero attached hydrogens (tertiary/aromatic N) is 4. The molecule has 3 heterocycles.